The molecule has 1 aliphatic rings. The van der Waals surface area contributed by atoms with Crippen LogP contribution in [-0.4, -0.2) is 10.5 Å². The van der Waals surface area contributed by atoms with Crippen LogP contribution >= 0.6 is 0 Å². The fraction of sp³-hybridized carbons (Fsp3) is 0.0714. The fourth-order valence-corrected chi connectivity index (χ4v) is 4.81. The van der Waals surface area contributed by atoms with Crippen molar-refractivity contribution in [2.75, 3.05) is 5.32 Å². The van der Waals surface area contributed by atoms with E-state index in [1.54, 1.807) is 0 Å². The number of carbonyl (C=O) groups excluding carboxylic acids is 1. The molecule has 0 spiro atoms. The lowest BCUT2D eigenvalue weighted by molar-refractivity contribution is -0.116. The average Bonchev–Trinajstić information content (AvgIpc) is 3.19. The van der Waals surface area contributed by atoms with Gasteiger partial charge in [-0.2, -0.15) is 0 Å². The standard InChI is InChI=1S/C28H20N2O2/c31-27(29-20-13-14-22-19(16-20)15-18-7-1-2-8-21(18)22)17-30-25-11-5-3-9-23(25)28(32)24-10-4-6-12-26(24)30/h1-14,16H,15,17H2,(H,29,31). The van der Waals surface area contributed by atoms with Gasteiger partial charge in [0.25, 0.3) is 0 Å². The van der Waals surface area contributed by atoms with Gasteiger partial charge in [0.05, 0.1) is 11.0 Å². The van der Waals surface area contributed by atoms with Gasteiger partial charge in [-0.25, -0.2) is 0 Å². The van der Waals surface area contributed by atoms with E-state index in [1.165, 1.54) is 22.3 Å². The molecule has 4 heteroatoms. The SMILES string of the molecule is O=C(Cn1c2ccccc2c(=O)c2ccccc21)Nc1ccc2c(c1)Cc1ccccc1-2. The Labute approximate surface area is 184 Å². The summed E-state index contributed by atoms with van der Waals surface area (Å²) in [6.45, 7) is 0.124. The minimum absolute atomic E-state index is 0.00829. The maximum atomic E-state index is 13.1. The molecule has 0 aliphatic heterocycles. The number of anilines is 1. The highest BCUT2D eigenvalue weighted by Crippen LogP contribution is 2.37. The molecule has 1 heterocycles. The van der Waals surface area contributed by atoms with Crippen LogP contribution in [-0.2, 0) is 17.8 Å². The van der Waals surface area contributed by atoms with Crippen LogP contribution < -0.4 is 10.7 Å². The third-order valence-electron chi connectivity index (χ3n) is 6.26. The molecule has 0 unspecified atom stereocenters. The zero-order valence-electron chi connectivity index (χ0n) is 17.3. The molecule has 5 aromatic rings. The van der Waals surface area contributed by atoms with E-state index in [-0.39, 0.29) is 17.9 Å². The largest absolute Gasteiger partial charge is 0.331 e. The van der Waals surface area contributed by atoms with Crippen molar-refractivity contribution in [2.45, 2.75) is 13.0 Å². The number of carbonyl (C=O) groups is 1. The maximum absolute atomic E-state index is 13.1. The third kappa shape index (κ3) is 2.92. The second kappa shape index (κ2) is 7.20. The number of amides is 1. The molecule has 0 saturated carbocycles. The fourth-order valence-electron chi connectivity index (χ4n) is 4.81. The van der Waals surface area contributed by atoms with Gasteiger partial charge in [-0.3, -0.25) is 9.59 Å². The Morgan fingerprint density at radius 1 is 0.750 bits per heavy atom. The molecule has 0 radical (unpaired) electrons. The first kappa shape index (κ1) is 18.6. The average molecular weight is 416 g/mol. The Morgan fingerprint density at radius 3 is 2.12 bits per heavy atom. The van der Waals surface area contributed by atoms with E-state index in [0.717, 1.165) is 23.1 Å². The summed E-state index contributed by atoms with van der Waals surface area (Å²) in [4.78, 5) is 26.0. The second-order valence-electron chi connectivity index (χ2n) is 8.20. The van der Waals surface area contributed by atoms with Gasteiger partial charge in [0, 0.05) is 16.5 Å². The van der Waals surface area contributed by atoms with Crippen LogP contribution in [0.3, 0.4) is 0 Å². The van der Waals surface area contributed by atoms with Crippen molar-refractivity contribution in [3.63, 3.8) is 0 Å². The molecule has 1 amide bonds. The van der Waals surface area contributed by atoms with Crippen molar-refractivity contribution in [1.29, 1.82) is 0 Å². The number of pyridine rings is 1. The molecule has 32 heavy (non-hydrogen) atoms. The molecular weight excluding hydrogens is 396 g/mol. The summed E-state index contributed by atoms with van der Waals surface area (Å²) in [5, 5.41) is 4.29. The molecule has 6 rings (SSSR count). The molecule has 1 N–H and O–H groups in total. The van der Waals surface area contributed by atoms with Crippen molar-refractivity contribution >= 4 is 33.4 Å². The van der Waals surface area contributed by atoms with Crippen molar-refractivity contribution in [3.8, 4) is 11.1 Å². The third-order valence-corrected chi connectivity index (χ3v) is 6.26. The number of hydrogen-bond acceptors (Lipinski definition) is 2. The van der Waals surface area contributed by atoms with Gasteiger partial charge in [0.1, 0.15) is 6.54 Å². The highest BCUT2D eigenvalue weighted by molar-refractivity contribution is 5.97. The van der Waals surface area contributed by atoms with Crippen LogP contribution in [0.25, 0.3) is 32.9 Å². The van der Waals surface area contributed by atoms with E-state index < -0.39 is 0 Å². The molecule has 4 aromatic carbocycles. The van der Waals surface area contributed by atoms with Crippen LogP contribution in [0.5, 0.6) is 0 Å². The number of aromatic nitrogens is 1. The first-order chi connectivity index (χ1) is 15.7. The number of para-hydroxylation sites is 2. The zero-order valence-corrected chi connectivity index (χ0v) is 17.3. The molecule has 1 aliphatic carbocycles. The van der Waals surface area contributed by atoms with Crippen LogP contribution in [0, 0.1) is 0 Å². The zero-order chi connectivity index (χ0) is 21.7. The topological polar surface area (TPSA) is 51.1 Å². The van der Waals surface area contributed by atoms with E-state index in [2.05, 4.69) is 41.7 Å². The number of fused-ring (bicyclic) bond motifs is 5. The number of nitrogens with zero attached hydrogens (tertiary/aromatic N) is 1. The van der Waals surface area contributed by atoms with Gasteiger partial charge in [-0.15, -0.1) is 0 Å². The van der Waals surface area contributed by atoms with Gasteiger partial charge in [0.15, 0.2) is 5.43 Å². The van der Waals surface area contributed by atoms with Crippen LogP contribution in [0.1, 0.15) is 11.1 Å². The van der Waals surface area contributed by atoms with E-state index in [9.17, 15) is 9.59 Å². The van der Waals surface area contributed by atoms with Gasteiger partial charge >= 0.3 is 0 Å². The summed E-state index contributed by atoms with van der Waals surface area (Å²) >= 11 is 0. The molecule has 0 atom stereocenters. The minimum atomic E-state index is -0.126. The van der Waals surface area contributed by atoms with Crippen molar-refractivity contribution < 1.29 is 4.79 Å². The number of benzene rings is 4. The highest BCUT2D eigenvalue weighted by Gasteiger charge is 2.19. The predicted molar refractivity (Wildman–Crippen MR) is 129 cm³/mol. The Balaban J connectivity index is 1.34. The lowest BCUT2D eigenvalue weighted by Gasteiger charge is -2.15. The van der Waals surface area contributed by atoms with E-state index >= 15 is 0 Å². The van der Waals surface area contributed by atoms with Crippen molar-refractivity contribution in [1.82, 2.24) is 4.57 Å². The van der Waals surface area contributed by atoms with Crippen molar-refractivity contribution in [2.24, 2.45) is 0 Å². The van der Waals surface area contributed by atoms with E-state index in [0.29, 0.717) is 10.8 Å². The Hall–Kier alpha value is -4.18. The summed E-state index contributed by atoms with van der Waals surface area (Å²) in [5.41, 5.74) is 7.34. The molecule has 1 aromatic heterocycles. The van der Waals surface area contributed by atoms with Crippen molar-refractivity contribution in [3.05, 3.63) is 112 Å². The van der Waals surface area contributed by atoms with Gasteiger partial charge in [-0.05, 0) is 65.1 Å². The molecule has 0 fully saturated rings. The number of rotatable bonds is 3. The molecule has 0 bridgehead atoms. The lowest BCUT2D eigenvalue weighted by atomic mass is 10.1. The number of nitrogens with one attached hydrogen (secondary N) is 1. The summed E-state index contributed by atoms with van der Waals surface area (Å²) in [7, 11) is 0. The van der Waals surface area contributed by atoms with E-state index in [4.69, 9.17) is 0 Å². The van der Waals surface area contributed by atoms with Gasteiger partial charge in [0.2, 0.25) is 5.91 Å². The summed E-state index contributed by atoms with van der Waals surface area (Å²) < 4.78 is 1.92. The number of hydrogen-bond donors (Lipinski definition) is 1. The molecular formula is C28H20N2O2. The highest BCUT2D eigenvalue weighted by atomic mass is 16.2. The Bertz CT molecular complexity index is 1540. The molecule has 0 saturated heterocycles. The maximum Gasteiger partial charge on any atom is 0.244 e. The van der Waals surface area contributed by atoms with Crippen LogP contribution in [0.15, 0.2) is 95.8 Å². The normalized spacial score (nSPS) is 12.0. The van der Waals surface area contributed by atoms with Gasteiger partial charge in [-0.1, -0.05) is 54.6 Å². The molecule has 4 nitrogen and oxygen atoms in total. The predicted octanol–water partition coefficient (Wildman–Crippen LogP) is 5.36. The molecule has 154 valence electrons. The summed E-state index contributed by atoms with van der Waals surface area (Å²) in [6, 6.07) is 29.4. The Morgan fingerprint density at radius 2 is 1.38 bits per heavy atom. The summed E-state index contributed by atoms with van der Waals surface area (Å²) in [6.07, 6.45) is 0.879. The summed E-state index contributed by atoms with van der Waals surface area (Å²) in [5.74, 6) is -0.126. The van der Waals surface area contributed by atoms with Crippen LogP contribution in [0.2, 0.25) is 0 Å². The quantitative estimate of drug-likeness (QED) is 0.395. The monoisotopic (exact) mass is 416 g/mol. The van der Waals surface area contributed by atoms with Gasteiger partial charge < -0.3 is 9.88 Å². The van der Waals surface area contributed by atoms with Crippen LogP contribution in [0.4, 0.5) is 5.69 Å². The first-order valence-corrected chi connectivity index (χ1v) is 10.7. The minimum Gasteiger partial charge on any atom is -0.331 e. The van der Waals surface area contributed by atoms with E-state index in [1.807, 2.05) is 59.2 Å². The Kier molecular flexibility index (Phi) is 4.18. The lowest BCUT2D eigenvalue weighted by Crippen LogP contribution is -2.21. The smallest absolute Gasteiger partial charge is 0.244 e. The second-order valence-corrected chi connectivity index (χ2v) is 8.20. The first-order valence-electron chi connectivity index (χ1n) is 10.7.